The summed E-state index contributed by atoms with van der Waals surface area (Å²) in [6.45, 7) is 0. The van der Waals surface area contributed by atoms with Gasteiger partial charge in [-0.05, 0) is 30.3 Å². The van der Waals surface area contributed by atoms with E-state index in [0.29, 0.717) is 10.5 Å². The van der Waals surface area contributed by atoms with Gasteiger partial charge in [-0.25, -0.2) is 26.9 Å². The number of amides is 1. The first-order chi connectivity index (χ1) is 13.4. The Labute approximate surface area is 157 Å². The number of aromatic nitrogens is 2. The highest BCUT2D eigenvalue weighted by Crippen LogP contribution is 2.31. The highest BCUT2D eigenvalue weighted by atomic mass is 32.1. The lowest BCUT2D eigenvalue weighted by molar-refractivity contribution is 0.102. The van der Waals surface area contributed by atoms with Gasteiger partial charge in [0, 0.05) is 17.1 Å². The molecule has 2 heterocycles. The number of fused-ring (bicyclic) bond motifs is 1. The average Bonchev–Trinajstić information content (AvgIpc) is 3.26. The van der Waals surface area contributed by atoms with Crippen LogP contribution in [0.2, 0.25) is 0 Å². The van der Waals surface area contributed by atoms with Crippen LogP contribution >= 0.6 is 11.3 Å². The quantitative estimate of drug-likeness (QED) is 0.294. The van der Waals surface area contributed by atoms with Crippen LogP contribution in [0.25, 0.3) is 16.2 Å². The molecule has 0 aliphatic heterocycles. The molecule has 0 aliphatic carbocycles. The number of carbonyl (C=O) groups excluding carboxylic acids is 1. The highest BCUT2D eigenvalue weighted by Gasteiger charge is 2.25. The Kier molecular flexibility index (Phi) is 4.34. The fraction of sp³-hybridized carbons (Fsp3) is 0. The summed E-state index contributed by atoms with van der Waals surface area (Å²) in [5.74, 6) is -9.20. The van der Waals surface area contributed by atoms with Crippen molar-refractivity contribution in [2.75, 3.05) is 5.32 Å². The molecular formula is C18H8F5N3OS. The standard InChI is InChI=1S/C18H8F5N3OS/c19-9-3-1-8(2-4-9)15-16(26-5-6-28-18(26)24-15)25-17(27)10-7-11(20)13(22)14(23)12(10)21/h1-7H,(H,25,27). The van der Waals surface area contributed by atoms with Crippen molar-refractivity contribution in [3.8, 4) is 11.3 Å². The van der Waals surface area contributed by atoms with Gasteiger partial charge in [0.25, 0.3) is 5.91 Å². The Morgan fingerprint density at radius 2 is 1.71 bits per heavy atom. The molecule has 0 fully saturated rings. The predicted molar refractivity (Wildman–Crippen MR) is 92.7 cm³/mol. The fourth-order valence-corrected chi connectivity index (χ4v) is 3.34. The molecule has 0 saturated heterocycles. The van der Waals surface area contributed by atoms with Crippen LogP contribution in [0.3, 0.4) is 0 Å². The normalized spacial score (nSPS) is 11.2. The maximum absolute atomic E-state index is 13.9. The summed E-state index contributed by atoms with van der Waals surface area (Å²) in [6.07, 6.45) is 1.57. The number of anilines is 1. The summed E-state index contributed by atoms with van der Waals surface area (Å²) in [4.78, 5) is 17.2. The second-order valence-electron chi connectivity index (χ2n) is 5.67. The molecule has 0 unspecified atom stereocenters. The van der Waals surface area contributed by atoms with Crippen LogP contribution < -0.4 is 5.32 Å². The highest BCUT2D eigenvalue weighted by molar-refractivity contribution is 7.15. The van der Waals surface area contributed by atoms with Gasteiger partial charge >= 0.3 is 0 Å². The van der Waals surface area contributed by atoms with E-state index in [9.17, 15) is 26.7 Å². The number of nitrogens with one attached hydrogen (secondary N) is 1. The number of carbonyl (C=O) groups is 1. The van der Waals surface area contributed by atoms with Gasteiger partial charge in [-0.3, -0.25) is 9.20 Å². The van der Waals surface area contributed by atoms with E-state index >= 15 is 0 Å². The minimum Gasteiger partial charge on any atom is -0.306 e. The van der Waals surface area contributed by atoms with E-state index in [1.807, 2.05) is 0 Å². The van der Waals surface area contributed by atoms with Crippen molar-refractivity contribution in [1.82, 2.24) is 9.38 Å². The Balaban J connectivity index is 1.80. The summed E-state index contributed by atoms with van der Waals surface area (Å²) in [5, 5.41) is 4.01. The SMILES string of the molecule is O=C(Nc1c(-c2ccc(F)cc2)nc2sccn12)c1cc(F)c(F)c(F)c1F. The molecular weight excluding hydrogens is 401 g/mol. The number of benzene rings is 2. The zero-order valence-corrected chi connectivity index (χ0v) is 14.5. The van der Waals surface area contributed by atoms with E-state index in [2.05, 4.69) is 10.3 Å². The minimum atomic E-state index is -2.09. The van der Waals surface area contributed by atoms with Crippen LogP contribution in [-0.4, -0.2) is 15.3 Å². The van der Waals surface area contributed by atoms with Crippen LogP contribution in [0.1, 0.15) is 10.4 Å². The first kappa shape index (κ1) is 18.1. The zero-order valence-electron chi connectivity index (χ0n) is 13.6. The van der Waals surface area contributed by atoms with Crippen LogP contribution in [0.4, 0.5) is 27.8 Å². The molecule has 142 valence electrons. The van der Waals surface area contributed by atoms with Crippen molar-refractivity contribution in [3.63, 3.8) is 0 Å². The fourth-order valence-electron chi connectivity index (χ4n) is 2.63. The van der Waals surface area contributed by atoms with Crippen molar-refractivity contribution < 1.29 is 26.7 Å². The Morgan fingerprint density at radius 1 is 1.00 bits per heavy atom. The molecule has 28 heavy (non-hydrogen) atoms. The lowest BCUT2D eigenvalue weighted by Crippen LogP contribution is -2.17. The summed E-state index contributed by atoms with van der Waals surface area (Å²) in [6, 6.07) is 5.51. The third kappa shape index (κ3) is 2.91. The van der Waals surface area contributed by atoms with Crippen LogP contribution in [0.5, 0.6) is 0 Å². The zero-order chi connectivity index (χ0) is 20.0. The molecule has 2 aromatic carbocycles. The Morgan fingerprint density at radius 3 is 2.43 bits per heavy atom. The average molecular weight is 409 g/mol. The van der Waals surface area contributed by atoms with Crippen molar-refractivity contribution in [2.24, 2.45) is 0 Å². The van der Waals surface area contributed by atoms with E-state index in [0.717, 1.165) is 0 Å². The first-order valence-electron chi connectivity index (χ1n) is 7.72. The molecule has 0 radical (unpaired) electrons. The van der Waals surface area contributed by atoms with Crippen molar-refractivity contribution in [2.45, 2.75) is 0 Å². The van der Waals surface area contributed by atoms with Crippen molar-refractivity contribution >= 4 is 28.0 Å². The van der Waals surface area contributed by atoms with Crippen molar-refractivity contribution in [1.29, 1.82) is 0 Å². The molecule has 2 aromatic heterocycles. The van der Waals surface area contributed by atoms with Crippen LogP contribution in [-0.2, 0) is 0 Å². The topological polar surface area (TPSA) is 46.4 Å². The van der Waals surface area contributed by atoms with E-state index in [1.54, 1.807) is 11.6 Å². The lowest BCUT2D eigenvalue weighted by Gasteiger charge is -2.09. The predicted octanol–water partition coefficient (Wildman–Crippen LogP) is 5.01. The maximum Gasteiger partial charge on any atom is 0.260 e. The van der Waals surface area contributed by atoms with Gasteiger partial charge in [0.15, 0.2) is 28.2 Å². The smallest absolute Gasteiger partial charge is 0.260 e. The van der Waals surface area contributed by atoms with Crippen molar-refractivity contribution in [3.05, 3.63) is 76.6 Å². The third-order valence-corrected chi connectivity index (χ3v) is 4.72. The largest absolute Gasteiger partial charge is 0.306 e. The van der Waals surface area contributed by atoms with E-state index in [4.69, 9.17) is 0 Å². The number of hydrogen-bond donors (Lipinski definition) is 1. The van der Waals surface area contributed by atoms with Crippen LogP contribution in [0.15, 0.2) is 41.9 Å². The third-order valence-electron chi connectivity index (χ3n) is 3.96. The molecule has 0 atom stereocenters. The van der Waals surface area contributed by atoms with Gasteiger partial charge in [0.2, 0.25) is 0 Å². The number of nitrogens with zero attached hydrogens (tertiary/aromatic N) is 2. The van der Waals surface area contributed by atoms with E-state index in [-0.39, 0.29) is 17.6 Å². The van der Waals surface area contributed by atoms with Gasteiger partial charge in [0.1, 0.15) is 17.3 Å². The number of thiazole rings is 1. The number of rotatable bonds is 3. The number of hydrogen-bond acceptors (Lipinski definition) is 3. The minimum absolute atomic E-state index is 0.0809. The van der Waals surface area contributed by atoms with E-state index in [1.165, 1.54) is 40.0 Å². The molecule has 4 rings (SSSR count). The molecule has 0 aliphatic rings. The lowest BCUT2D eigenvalue weighted by atomic mass is 10.1. The van der Waals surface area contributed by atoms with Gasteiger partial charge < -0.3 is 5.32 Å². The summed E-state index contributed by atoms with van der Waals surface area (Å²) < 4.78 is 68.6. The molecule has 0 saturated carbocycles. The van der Waals surface area contributed by atoms with Gasteiger partial charge in [-0.2, -0.15) is 0 Å². The monoisotopic (exact) mass is 409 g/mol. The molecule has 4 nitrogen and oxygen atoms in total. The molecule has 10 heteroatoms. The van der Waals surface area contributed by atoms with Gasteiger partial charge in [-0.15, -0.1) is 11.3 Å². The van der Waals surface area contributed by atoms with E-state index < -0.39 is 40.6 Å². The Bertz CT molecular complexity index is 1220. The van der Waals surface area contributed by atoms with Crippen LogP contribution in [0, 0.1) is 29.1 Å². The molecule has 4 aromatic rings. The van der Waals surface area contributed by atoms with Gasteiger partial charge in [0.05, 0.1) is 5.56 Å². The summed E-state index contributed by atoms with van der Waals surface area (Å²) >= 11 is 1.24. The molecule has 0 spiro atoms. The Hall–Kier alpha value is -3.27. The number of imidazole rings is 1. The first-order valence-corrected chi connectivity index (χ1v) is 8.60. The maximum atomic E-state index is 13.9. The molecule has 0 bridgehead atoms. The second-order valence-corrected chi connectivity index (χ2v) is 6.55. The molecule has 1 N–H and O–H groups in total. The number of halogens is 5. The molecule has 1 amide bonds. The summed E-state index contributed by atoms with van der Waals surface area (Å²) in [5.41, 5.74) is -0.320. The van der Waals surface area contributed by atoms with Gasteiger partial charge in [-0.1, -0.05) is 0 Å². The second kappa shape index (κ2) is 6.71. The summed E-state index contributed by atoms with van der Waals surface area (Å²) in [7, 11) is 0.